The van der Waals surface area contributed by atoms with Gasteiger partial charge in [-0.05, 0) is 13.8 Å². The highest BCUT2D eigenvalue weighted by Gasteiger charge is 2.06. The van der Waals surface area contributed by atoms with Gasteiger partial charge in [-0.3, -0.25) is 4.79 Å². The van der Waals surface area contributed by atoms with Crippen LogP contribution < -0.4 is 5.32 Å². The second kappa shape index (κ2) is 7.58. The Hall–Kier alpha value is -0.530. The Bertz CT molecular complexity index is 97.7. The topological polar surface area (TPSA) is 29.1 Å². The van der Waals surface area contributed by atoms with Gasteiger partial charge >= 0.3 is 0 Å². The van der Waals surface area contributed by atoms with Gasteiger partial charge in [-0.1, -0.05) is 27.7 Å². The van der Waals surface area contributed by atoms with Crippen LogP contribution in [0.5, 0.6) is 0 Å². The number of nitrogens with one attached hydrogen (secondary N) is 1. The fraction of sp³-hybridized carbons (Fsp3) is 0.889. The van der Waals surface area contributed by atoms with E-state index in [0.717, 1.165) is 0 Å². The molecule has 0 radical (unpaired) electrons. The molecule has 0 saturated heterocycles. The zero-order chi connectivity index (χ0) is 9.44. The molecule has 0 heterocycles. The van der Waals surface area contributed by atoms with E-state index in [2.05, 4.69) is 5.32 Å². The summed E-state index contributed by atoms with van der Waals surface area (Å²) in [7, 11) is 0. The Labute approximate surface area is 70.4 Å². The van der Waals surface area contributed by atoms with E-state index in [1.807, 2.05) is 41.5 Å². The molecular formula is C9H21NO. The Balaban J connectivity index is 0. The predicted octanol–water partition coefficient (Wildman–Crippen LogP) is 2.19. The molecule has 2 heteroatoms. The Kier molecular flexibility index (Phi) is 9.01. The Morgan fingerprint density at radius 1 is 1.09 bits per heavy atom. The molecule has 0 aromatic carbocycles. The van der Waals surface area contributed by atoms with Gasteiger partial charge in [0.25, 0.3) is 0 Å². The molecule has 0 aliphatic carbocycles. The van der Waals surface area contributed by atoms with Crippen molar-refractivity contribution in [1.82, 2.24) is 5.32 Å². The highest BCUT2D eigenvalue weighted by molar-refractivity contribution is 5.78. The molecule has 0 atom stereocenters. The van der Waals surface area contributed by atoms with Crippen LogP contribution in [0.4, 0.5) is 0 Å². The van der Waals surface area contributed by atoms with Crippen molar-refractivity contribution >= 4 is 5.91 Å². The molecule has 0 aromatic rings. The van der Waals surface area contributed by atoms with Crippen LogP contribution in [0, 0.1) is 5.92 Å². The van der Waals surface area contributed by atoms with Gasteiger partial charge in [0.15, 0.2) is 0 Å². The summed E-state index contributed by atoms with van der Waals surface area (Å²) in [6, 6.07) is 0.264. The van der Waals surface area contributed by atoms with E-state index in [-0.39, 0.29) is 17.9 Å². The average Bonchev–Trinajstić information content (AvgIpc) is 1.90. The van der Waals surface area contributed by atoms with Gasteiger partial charge in [0, 0.05) is 12.0 Å². The summed E-state index contributed by atoms with van der Waals surface area (Å²) in [6.07, 6.45) is 0. The van der Waals surface area contributed by atoms with E-state index >= 15 is 0 Å². The number of carbonyl (C=O) groups excluding carboxylic acids is 1. The second-order valence-corrected chi connectivity index (χ2v) is 2.82. The van der Waals surface area contributed by atoms with Crippen molar-refractivity contribution < 1.29 is 4.79 Å². The van der Waals surface area contributed by atoms with Crippen LogP contribution in [0.2, 0.25) is 0 Å². The van der Waals surface area contributed by atoms with Crippen LogP contribution >= 0.6 is 0 Å². The highest BCUT2D eigenvalue weighted by Crippen LogP contribution is 1.91. The Morgan fingerprint density at radius 2 is 1.45 bits per heavy atom. The van der Waals surface area contributed by atoms with Crippen LogP contribution in [0.15, 0.2) is 0 Å². The summed E-state index contributed by atoms with van der Waals surface area (Å²) >= 11 is 0. The lowest BCUT2D eigenvalue weighted by Crippen LogP contribution is -2.33. The molecule has 2 nitrogen and oxygen atoms in total. The minimum absolute atomic E-state index is 0.104. The summed E-state index contributed by atoms with van der Waals surface area (Å²) in [5, 5.41) is 2.80. The summed E-state index contributed by atoms with van der Waals surface area (Å²) in [6.45, 7) is 11.7. The standard InChI is InChI=1S/C7H15NO.C2H6/c1-5(2)7(9)8-6(3)4;1-2/h5-6H,1-4H3,(H,8,9);1-2H3. The van der Waals surface area contributed by atoms with Crippen molar-refractivity contribution in [3.05, 3.63) is 0 Å². The van der Waals surface area contributed by atoms with Gasteiger partial charge in [-0.2, -0.15) is 0 Å². The van der Waals surface area contributed by atoms with E-state index in [4.69, 9.17) is 0 Å². The van der Waals surface area contributed by atoms with Gasteiger partial charge < -0.3 is 5.32 Å². The molecule has 0 saturated carbocycles. The number of hydrogen-bond donors (Lipinski definition) is 1. The SMILES string of the molecule is CC.CC(C)NC(=O)C(C)C. The summed E-state index contributed by atoms with van der Waals surface area (Å²) in [4.78, 5) is 10.8. The number of carbonyl (C=O) groups is 1. The van der Waals surface area contributed by atoms with Crippen LogP contribution in [0.25, 0.3) is 0 Å². The maximum atomic E-state index is 10.8. The number of rotatable bonds is 2. The van der Waals surface area contributed by atoms with E-state index in [0.29, 0.717) is 0 Å². The molecule has 0 bridgehead atoms. The summed E-state index contributed by atoms with van der Waals surface area (Å²) in [5.41, 5.74) is 0. The largest absolute Gasteiger partial charge is 0.354 e. The lowest BCUT2D eigenvalue weighted by atomic mass is 10.2. The molecule has 0 aliphatic heterocycles. The first kappa shape index (κ1) is 13.1. The first-order valence-corrected chi connectivity index (χ1v) is 4.34. The Morgan fingerprint density at radius 3 is 1.55 bits per heavy atom. The van der Waals surface area contributed by atoms with Gasteiger partial charge in [0.05, 0.1) is 0 Å². The summed E-state index contributed by atoms with van der Waals surface area (Å²) in [5.74, 6) is 0.234. The van der Waals surface area contributed by atoms with E-state index < -0.39 is 0 Å². The maximum Gasteiger partial charge on any atom is 0.222 e. The molecule has 0 spiro atoms. The molecule has 1 amide bonds. The van der Waals surface area contributed by atoms with Gasteiger partial charge in [0.2, 0.25) is 5.91 Å². The van der Waals surface area contributed by atoms with Crippen LogP contribution in [-0.4, -0.2) is 11.9 Å². The average molecular weight is 159 g/mol. The van der Waals surface area contributed by atoms with E-state index in [1.54, 1.807) is 0 Å². The lowest BCUT2D eigenvalue weighted by molar-refractivity contribution is -0.124. The third kappa shape index (κ3) is 9.47. The third-order valence-electron chi connectivity index (χ3n) is 0.955. The quantitative estimate of drug-likeness (QED) is 0.657. The van der Waals surface area contributed by atoms with Gasteiger partial charge in [-0.15, -0.1) is 0 Å². The van der Waals surface area contributed by atoms with Crippen molar-refractivity contribution in [3.8, 4) is 0 Å². The van der Waals surface area contributed by atoms with Crippen LogP contribution in [-0.2, 0) is 4.79 Å². The molecule has 68 valence electrons. The monoisotopic (exact) mass is 159 g/mol. The van der Waals surface area contributed by atoms with E-state index in [9.17, 15) is 4.79 Å². The minimum Gasteiger partial charge on any atom is -0.354 e. The first-order valence-electron chi connectivity index (χ1n) is 4.34. The van der Waals surface area contributed by atoms with Crippen LogP contribution in [0.1, 0.15) is 41.5 Å². The highest BCUT2D eigenvalue weighted by atomic mass is 16.1. The fourth-order valence-electron chi connectivity index (χ4n) is 0.451. The van der Waals surface area contributed by atoms with Crippen molar-refractivity contribution in [3.63, 3.8) is 0 Å². The fourth-order valence-corrected chi connectivity index (χ4v) is 0.451. The number of amides is 1. The molecule has 0 unspecified atom stereocenters. The van der Waals surface area contributed by atoms with E-state index in [1.165, 1.54) is 0 Å². The predicted molar refractivity (Wildman–Crippen MR) is 49.5 cm³/mol. The molecular weight excluding hydrogens is 138 g/mol. The van der Waals surface area contributed by atoms with Crippen molar-refractivity contribution in [2.75, 3.05) is 0 Å². The van der Waals surface area contributed by atoms with Crippen molar-refractivity contribution in [2.24, 2.45) is 5.92 Å². The first-order chi connectivity index (χ1) is 5.04. The van der Waals surface area contributed by atoms with Crippen LogP contribution in [0.3, 0.4) is 0 Å². The normalized spacial score (nSPS) is 9.09. The molecule has 0 aromatic heterocycles. The molecule has 0 aliphatic rings. The minimum atomic E-state index is 0.104. The smallest absolute Gasteiger partial charge is 0.222 e. The molecule has 0 rings (SSSR count). The van der Waals surface area contributed by atoms with Crippen molar-refractivity contribution in [2.45, 2.75) is 47.6 Å². The molecule has 11 heavy (non-hydrogen) atoms. The summed E-state index contributed by atoms with van der Waals surface area (Å²) < 4.78 is 0. The lowest BCUT2D eigenvalue weighted by Gasteiger charge is -2.09. The zero-order valence-corrected chi connectivity index (χ0v) is 8.56. The van der Waals surface area contributed by atoms with Crippen molar-refractivity contribution in [1.29, 1.82) is 0 Å². The van der Waals surface area contributed by atoms with Gasteiger partial charge in [0.1, 0.15) is 0 Å². The molecule has 0 fully saturated rings. The maximum absolute atomic E-state index is 10.8. The van der Waals surface area contributed by atoms with Gasteiger partial charge in [-0.25, -0.2) is 0 Å². The number of hydrogen-bond acceptors (Lipinski definition) is 1. The zero-order valence-electron chi connectivity index (χ0n) is 8.56. The second-order valence-electron chi connectivity index (χ2n) is 2.82. The molecule has 1 N–H and O–H groups in total. The third-order valence-corrected chi connectivity index (χ3v) is 0.955.